The highest BCUT2D eigenvalue weighted by Crippen LogP contribution is 2.28. The topological polar surface area (TPSA) is 119 Å². The highest BCUT2D eigenvalue weighted by atomic mass is 32.2. The Balaban J connectivity index is 1.80. The maximum Gasteiger partial charge on any atom is 0.293 e. The predicted octanol–water partition coefficient (Wildman–Crippen LogP) is 2.30. The van der Waals surface area contributed by atoms with E-state index in [1.807, 2.05) is 36.5 Å². The number of nitro groups is 1. The minimum absolute atomic E-state index is 0.167. The molecule has 0 bridgehead atoms. The maximum absolute atomic E-state index is 11.8. The number of nitrogens with zero attached hydrogens (tertiary/aromatic N) is 3. The van der Waals surface area contributed by atoms with Gasteiger partial charge in [0.1, 0.15) is 5.69 Å². The third-order valence-corrected chi connectivity index (χ3v) is 5.30. The van der Waals surface area contributed by atoms with Crippen molar-refractivity contribution in [2.24, 2.45) is 0 Å². The predicted molar refractivity (Wildman–Crippen MR) is 100 cm³/mol. The van der Waals surface area contributed by atoms with Crippen LogP contribution in [0.4, 0.5) is 11.4 Å². The van der Waals surface area contributed by atoms with Gasteiger partial charge in [0.25, 0.3) is 5.69 Å². The molecule has 2 N–H and O–H groups in total. The normalized spacial score (nSPS) is 11.3. The number of aromatic nitrogens is 2. The van der Waals surface area contributed by atoms with Crippen LogP contribution >= 0.6 is 0 Å². The van der Waals surface area contributed by atoms with Crippen LogP contribution in [0.25, 0.3) is 5.69 Å². The Kier molecular flexibility index (Phi) is 5.19. The molecule has 3 aromatic rings. The summed E-state index contributed by atoms with van der Waals surface area (Å²) in [6, 6.07) is 13.3. The van der Waals surface area contributed by atoms with Crippen molar-refractivity contribution < 1.29 is 13.3 Å². The van der Waals surface area contributed by atoms with E-state index in [0.717, 1.165) is 17.3 Å². The second-order valence-electron chi connectivity index (χ2n) is 5.63. The lowest BCUT2D eigenvalue weighted by atomic mass is 10.2. The first-order chi connectivity index (χ1) is 12.9. The molecule has 0 unspecified atom stereocenters. The van der Waals surface area contributed by atoms with Crippen LogP contribution in [0.2, 0.25) is 0 Å². The van der Waals surface area contributed by atoms with E-state index in [9.17, 15) is 18.5 Å². The Labute approximate surface area is 155 Å². The molecule has 0 fully saturated rings. The van der Waals surface area contributed by atoms with E-state index in [4.69, 9.17) is 0 Å². The summed E-state index contributed by atoms with van der Waals surface area (Å²) in [5.74, 6) is 0. The van der Waals surface area contributed by atoms with Crippen molar-refractivity contribution in [3.05, 3.63) is 76.6 Å². The molecule has 0 aliphatic carbocycles. The number of hydrogen-bond donors (Lipinski definition) is 2. The molecular weight excluding hydrogens is 370 g/mol. The zero-order valence-corrected chi connectivity index (χ0v) is 15.2. The van der Waals surface area contributed by atoms with Gasteiger partial charge in [0.2, 0.25) is 10.0 Å². The van der Waals surface area contributed by atoms with Gasteiger partial charge in [-0.15, -0.1) is 0 Å². The van der Waals surface area contributed by atoms with Crippen molar-refractivity contribution in [1.29, 1.82) is 0 Å². The molecule has 0 saturated carbocycles. The quantitative estimate of drug-likeness (QED) is 0.474. The number of rotatable bonds is 7. The molecular formula is C17H17N5O4S. The van der Waals surface area contributed by atoms with Gasteiger partial charge in [-0.3, -0.25) is 10.1 Å². The Hall–Kier alpha value is -3.24. The van der Waals surface area contributed by atoms with E-state index in [1.165, 1.54) is 19.2 Å². The first-order valence-electron chi connectivity index (χ1n) is 7.95. The molecule has 0 aliphatic rings. The fraction of sp³-hybridized carbons (Fsp3) is 0.118. The molecule has 0 aliphatic heterocycles. The van der Waals surface area contributed by atoms with Crippen molar-refractivity contribution in [1.82, 2.24) is 14.5 Å². The van der Waals surface area contributed by atoms with Crippen LogP contribution < -0.4 is 10.0 Å². The summed E-state index contributed by atoms with van der Waals surface area (Å²) in [4.78, 5) is 10.5. The molecule has 3 rings (SSSR count). The monoisotopic (exact) mass is 387 g/mol. The smallest absolute Gasteiger partial charge is 0.293 e. The van der Waals surface area contributed by atoms with Gasteiger partial charge < -0.3 is 5.32 Å². The van der Waals surface area contributed by atoms with Crippen molar-refractivity contribution in [2.75, 3.05) is 12.4 Å². The van der Waals surface area contributed by atoms with Gasteiger partial charge in [-0.25, -0.2) is 17.8 Å². The van der Waals surface area contributed by atoms with Crippen molar-refractivity contribution in [2.45, 2.75) is 11.4 Å². The summed E-state index contributed by atoms with van der Waals surface area (Å²) in [6.45, 7) is 0.297. The summed E-state index contributed by atoms with van der Waals surface area (Å²) in [7, 11) is -2.51. The zero-order valence-electron chi connectivity index (χ0n) is 14.4. The number of benzene rings is 2. The molecule has 0 amide bonds. The number of sulfonamides is 1. The third-order valence-electron chi connectivity index (χ3n) is 3.88. The van der Waals surface area contributed by atoms with Gasteiger partial charge >= 0.3 is 0 Å². The van der Waals surface area contributed by atoms with E-state index in [-0.39, 0.29) is 16.3 Å². The SMILES string of the molecule is CNS(=O)(=O)c1ccc(NCc2cnn(-c3ccccc3)c2)c([N+](=O)[O-])c1. The van der Waals surface area contributed by atoms with Crippen LogP contribution in [0, 0.1) is 10.1 Å². The van der Waals surface area contributed by atoms with Crippen LogP contribution in [0.15, 0.2) is 65.8 Å². The van der Waals surface area contributed by atoms with Crippen LogP contribution in [-0.4, -0.2) is 30.2 Å². The minimum Gasteiger partial charge on any atom is -0.375 e. The van der Waals surface area contributed by atoms with E-state index in [2.05, 4.69) is 15.1 Å². The molecule has 0 radical (unpaired) electrons. The summed E-state index contributed by atoms with van der Waals surface area (Å²) in [6.07, 6.45) is 3.47. The van der Waals surface area contributed by atoms with Crippen molar-refractivity contribution in [3.63, 3.8) is 0 Å². The van der Waals surface area contributed by atoms with E-state index in [0.29, 0.717) is 6.54 Å². The van der Waals surface area contributed by atoms with E-state index in [1.54, 1.807) is 10.9 Å². The van der Waals surface area contributed by atoms with Gasteiger partial charge in [-0.05, 0) is 31.3 Å². The lowest BCUT2D eigenvalue weighted by Crippen LogP contribution is -2.18. The van der Waals surface area contributed by atoms with Crippen LogP contribution in [-0.2, 0) is 16.6 Å². The summed E-state index contributed by atoms with van der Waals surface area (Å²) in [5, 5.41) is 18.6. The Morgan fingerprint density at radius 1 is 1.19 bits per heavy atom. The Morgan fingerprint density at radius 3 is 2.59 bits per heavy atom. The fourth-order valence-corrected chi connectivity index (χ4v) is 3.22. The lowest BCUT2D eigenvalue weighted by molar-refractivity contribution is -0.384. The standard InChI is InChI=1S/C17H17N5O4S/c1-18-27(25,26)15-7-8-16(17(9-15)22(23)24)19-10-13-11-20-21(12-13)14-5-3-2-4-6-14/h2-9,11-12,18-19H,10H2,1H3. The molecule has 10 heteroatoms. The molecule has 140 valence electrons. The average Bonchev–Trinajstić information content (AvgIpc) is 3.16. The van der Waals surface area contributed by atoms with Crippen LogP contribution in [0.3, 0.4) is 0 Å². The fourth-order valence-electron chi connectivity index (χ4n) is 2.47. The molecule has 1 aromatic heterocycles. The zero-order chi connectivity index (χ0) is 19.4. The Morgan fingerprint density at radius 2 is 1.93 bits per heavy atom. The summed E-state index contributed by atoms with van der Waals surface area (Å²) < 4.78 is 27.5. The minimum atomic E-state index is -3.76. The molecule has 2 aromatic carbocycles. The first kappa shape index (κ1) is 18.5. The highest BCUT2D eigenvalue weighted by molar-refractivity contribution is 7.89. The molecule has 0 spiro atoms. The van der Waals surface area contributed by atoms with Gasteiger partial charge in [0, 0.05) is 24.4 Å². The number of nitro benzene ring substituents is 1. The lowest BCUT2D eigenvalue weighted by Gasteiger charge is -2.08. The van der Waals surface area contributed by atoms with Gasteiger partial charge in [0.05, 0.1) is 21.7 Å². The maximum atomic E-state index is 11.8. The largest absolute Gasteiger partial charge is 0.375 e. The average molecular weight is 387 g/mol. The number of para-hydroxylation sites is 1. The first-order valence-corrected chi connectivity index (χ1v) is 9.44. The summed E-state index contributed by atoms with van der Waals surface area (Å²) in [5.41, 5.74) is 1.63. The molecule has 27 heavy (non-hydrogen) atoms. The van der Waals surface area contributed by atoms with Crippen molar-refractivity contribution >= 4 is 21.4 Å². The third kappa shape index (κ3) is 4.13. The molecule has 1 heterocycles. The van der Waals surface area contributed by atoms with E-state index < -0.39 is 14.9 Å². The van der Waals surface area contributed by atoms with Crippen LogP contribution in [0.1, 0.15) is 5.56 Å². The number of hydrogen-bond acceptors (Lipinski definition) is 6. The van der Waals surface area contributed by atoms with Gasteiger partial charge in [0.15, 0.2) is 0 Å². The molecule has 0 saturated heterocycles. The second kappa shape index (κ2) is 7.56. The second-order valence-corrected chi connectivity index (χ2v) is 7.51. The number of anilines is 1. The molecule has 0 atom stereocenters. The molecule has 9 nitrogen and oxygen atoms in total. The van der Waals surface area contributed by atoms with Crippen molar-refractivity contribution in [3.8, 4) is 5.69 Å². The highest BCUT2D eigenvalue weighted by Gasteiger charge is 2.20. The number of nitrogens with one attached hydrogen (secondary N) is 2. The Bertz CT molecular complexity index is 1060. The van der Waals surface area contributed by atoms with Crippen LogP contribution in [0.5, 0.6) is 0 Å². The van der Waals surface area contributed by atoms with Gasteiger partial charge in [-0.1, -0.05) is 18.2 Å². The summed E-state index contributed by atoms with van der Waals surface area (Å²) >= 11 is 0. The van der Waals surface area contributed by atoms with Gasteiger partial charge in [-0.2, -0.15) is 5.10 Å². The van der Waals surface area contributed by atoms with E-state index >= 15 is 0 Å².